The van der Waals surface area contributed by atoms with Crippen LogP contribution in [0, 0.1) is 23.7 Å². The van der Waals surface area contributed by atoms with Crippen molar-refractivity contribution in [3.05, 3.63) is 69.7 Å². The van der Waals surface area contributed by atoms with Crippen molar-refractivity contribution in [3.63, 3.8) is 0 Å². The Labute approximate surface area is 201 Å². The molecule has 2 aromatic carbocycles. The molecule has 1 saturated heterocycles. The molecule has 8 heteroatoms. The van der Waals surface area contributed by atoms with Gasteiger partial charge >= 0.3 is 0 Å². The number of amides is 3. The lowest BCUT2D eigenvalue weighted by atomic mass is 9.81. The van der Waals surface area contributed by atoms with E-state index in [9.17, 15) is 19.2 Å². The second-order valence-electron chi connectivity index (χ2n) is 9.06. The lowest BCUT2D eigenvalue weighted by molar-refractivity contribution is -0.157. The average Bonchev–Trinajstić information content (AvgIpc) is 3.51. The Morgan fingerprint density at radius 1 is 0.909 bits per heavy atom. The molecule has 0 radical (unpaired) electrons. The summed E-state index contributed by atoms with van der Waals surface area (Å²) >= 11 is 12.1. The highest BCUT2D eigenvalue weighted by molar-refractivity contribution is 6.42. The number of hydrogen-bond donors (Lipinski definition) is 0. The van der Waals surface area contributed by atoms with Crippen LogP contribution < -0.4 is 0 Å². The van der Waals surface area contributed by atoms with E-state index in [4.69, 9.17) is 23.2 Å². The fourth-order valence-electron chi connectivity index (χ4n) is 5.76. The van der Waals surface area contributed by atoms with Gasteiger partial charge in [0.1, 0.15) is 6.04 Å². The molecule has 0 aromatic heterocycles. The molecular formula is C25H22Cl2N2O4. The summed E-state index contributed by atoms with van der Waals surface area (Å²) in [5.74, 6) is -2.33. The number of benzene rings is 2. The van der Waals surface area contributed by atoms with Crippen LogP contribution in [0.5, 0.6) is 0 Å². The minimum Gasteiger partial charge on any atom is -0.292 e. The van der Waals surface area contributed by atoms with E-state index in [1.54, 1.807) is 30.3 Å². The Hall–Kier alpha value is -2.70. The molecule has 5 rings (SSSR count). The van der Waals surface area contributed by atoms with E-state index in [2.05, 4.69) is 0 Å². The third-order valence-corrected chi connectivity index (χ3v) is 8.04. The predicted molar refractivity (Wildman–Crippen MR) is 123 cm³/mol. The number of rotatable bonds is 5. The number of hydrazine groups is 1. The Balaban J connectivity index is 1.56. The van der Waals surface area contributed by atoms with E-state index in [-0.39, 0.29) is 33.2 Å². The summed E-state index contributed by atoms with van der Waals surface area (Å²) in [5, 5.41) is 2.40. The van der Waals surface area contributed by atoms with Crippen molar-refractivity contribution in [3.8, 4) is 0 Å². The van der Waals surface area contributed by atoms with Gasteiger partial charge in [0.2, 0.25) is 0 Å². The lowest BCUT2D eigenvalue weighted by Gasteiger charge is -2.35. The summed E-state index contributed by atoms with van der Waals surface area (Å²) in [4.78, 5) is 54.0. The number of imide groups is 1. The van der Waals surface area contributed by atoms with Crippen LogP contribution in [0.4, 0.5) is 0 Å². The summed E-state index contributed by atoms with van der Waals surface area (Å²) in [6, 6.07) is 11.8. The van der Waals surface area contributed by atoms with Gasteiger partial charge in [-0.25, -0.2) is 5.01 Å². The molecule has 2 aromatic rings. The number of halogens is 2. The van der Waals surface area contributed by atoms with E-state index >= 15 is 0 Å². The van der Waals surface area contributed by atoms with Crippen LogP contribution in [-0.2, 0) is 9.59 Å². The van der Waals surface area contributed by atoms with Gasteiger partial charge in [-0.05, 0) is 56.2 Å². The highest BCUT2D eigenvalue weighted by Gasteiger charge is 2.63. The van der Waals surface area contributed by atoms with Crippen molar-refractivity contribution in [1.29, 1.82) is 0 Å². The normalized spacial score (nSPS) is 26.5. The molecule has 1 heterocycles. The minimum atomic E-state index is -1.08. The van der Waals surface area contributed by atoms with Crippen molar-refractivity contribution in [2.24, 2.45) is 23.7 Å². The van der Waals surface area contributed by atoms with Gasteiger partial charge in [-0.1, -0.05) is 53.5 Å². The maximum Gasteiger partial charge on any atom is 0.273 e. The topological polar surface area (TPSA) is 74.8 Å². The monoisotopic (exact) mass is 484 g/mol. The zero-order valence-corrected chi connectivity index (χ0v) is 19.4. The number of Topliss-reactive ketones (excluding diaryl/α,β-unsaturated/α-hetero) is 1. The second kappa shape index (κ2) is 8.26. The number of carbonyl (C=O) groups is 4. The molecule has 0 N–H and O–H groups in total. The highest BCUT2D eigenvalue weighted by Crippen LogP contribution is 2.56. The maximum absolute atomic E-state index is 13.7. The molecule has 3 fully saturated rings. The Morgan fingerprint density at radius 2 is 1.52 bits per heavy atom. The van der Waals surface area contributed by atoms with Crippen LogP contribution in [0.1, 0.15) is 46.9 Å². The first kappa shape index (κ1) is 22.1. The first-order valence-corrected chi connectivity index (χ1v) is 11.8. The van der Waals surface area contributed by atoms with E-state index in [0.717, 1.165) is 29.3 Å². The molecule has 33 heavy (non-hydrogen) atoms. The minimum absolute atomic E-state index is 0.137. The summed E-state index contributed by atoms with van der Waals surface area (Å²) in [5.41, 5.74) is 0.522. The first-order valence-electron chi connectivity index (χ1n) is 11.0. The fraction of sp³-hybridized carbons (Fsp3) is 0.360. The van der Waals surface area contributed by atoms with E-state index in [0.29, 0.717) is 5.56 Å². The number of fused-ring (bicyclic) bond motifs is 5. The molecule has 6 nitrogen and oxygen atoms in total. The largest absolute Gasteiger partial charge is 0.292 e. The molecule has 5 atom stereocenters. The molecule has 2 aliphatic carbocycles. The molecule has 3 aliphatic rings. The summed E-state index contributed by atoms with van der Waals surface area (Å²) < 4.78 is 0. The van der Waals surface area contributed by atoms with Crippen molar-refractivity contribution < 1.29 is 19.2 Å². The number of nitrogens with zero attached hydrogens (tertiary/aromatic N) is 2. The van der Waals surface area contributed by atoms with Crippen LogP contribution in [0.15, 0.2) is 48.5 Å². The van der Waals surface area contributed by atoms with Gasteiger partial charge in [0.05, 0.1) is 21.9 Å². The quantitative estimate of drug-likeness (QED) is 0.457. The van der Waals surface area contributed by atoms with Gasteiger partial charge in [0, 0.05) is 11.1 Å². The lowest BCUT2D eigenvalue weighted by Crippen LogP contribution is -2.56. The molecule has 170 valence electrons. The molecule has 2 saturated carbocycles. The van der Waals surface area contributed by atoms with Gasteiger partial charge in [-0.2, -0.15) is 5.01 Å². The van der Waals surface area contributed by atoms with Gasteiger partial charge in [0.25, 0.3) is 17.7 Å². The number of ketones is 1. The molecule has 2 bridgehead atoms. The zero-order chi connectivity index (χ0) is 23.4. The molecule has 3 amide bonds. The first-order chi connectivity index (χ1) is 15.8. The standard InChI is InChI=1S/C25H22Cl2N2O4/c1-13(22(30)14-5-3-2-4-6-14)28(23(31)17-9-10-18(26)19(27)12-17)29-24(32)20-15-7-8-16(11-15)21(20)25(29)33/h2-6,9-10,12-13,15-16,20-21H,7-8,11H2,1H3/t13-,15+,16+,20-,21-/m1/s1. The Kier molecular flexibility index (Phi) is 5.53. The molecule has 1 aliphatic heterocycles. The van der Waals surface area contributed by atoms with Crippen LogP contribution in [0.2, 0.25) is 10.0 Å². The number of carbonyl (C=O) groups excluding carboxylic acids is 4. The second-order valence-corrected chi connectivity index (χ2v) is 9.87. The van der Waals surface area contributed by atoms with Crippen LogP contribution in [-0.4, -0.2) is 39.6 Å². The van der Waals surface area contributed by atoms with Crippen molar-refractivity contribution in [2.75, 3.05) is 0 Å². The maximum atomic E-state index is 13.7. The van der Waals surface area contributed by atoms with E-state index in [1.165, 1.54) is 25.1 Å². The van der Waals surface area contributed by atoms with Gasteiger partial charge in [0.15, 0.2) is 5.78 Å². The third-order valence-electron chi connectivity index (χ3n) is 7.30. The SMILES string of the molecule is C[C@H](C(=O)c1ccccc1)N(C(=O)c1ccc(Cl)c(Cl)c1)N1C(=O)[C@@H]2[C@H]3CC[C@@H](C3)[C@H]2C1=O. The van der Waals surface area contributed by atoms with Crippen molar-refractivity contribution >= 4 is 46.7 Å². The molecular weight excluding hydrogens is 463 g/mol. The van der Waals surface area contributed by atoms with Crippen LogP contribution in [0.3, 0.4) is 0 Å². The third kappa shape index (κ3) is 3.47. The van der Waals surface area contributed by atoms with Crippen molar-refractivity contribution in [2.45, 2.75) is 32.2 Å². The molecule has 0 unspecified atom stereocenters. The Morgan fingerprint density at radius 3 is 2.09 bits per heavy atom. The van der Waals surface area contributed by atoms with Crippen LogP contribution in [0.25, 0.3) is 0 Å². The van der Waals surface area contributed by atoms with E-state index < -0.39 is 35.6 Å². The zero-order valence-electron chi connectivity index (χ0n) is 17.9. The average molecular weight is 485 g/mol. The smallest absolute Gasteiger partial charge is 0.273 e. The molecule has 0 spiro atoms. The predicted octanol–water partition coefficient (Wildman–Crippen LogP) is 4.65. The highest BCUT2D eigenvalue weighted by atomic mass is 35.5. The van der Waals surface area contributed by atoms with Gasteiger partial charge in [-0.3, -0.25) is 19.2 Å². The van der Waals surface area contributed by atoms with Gasteiger partial charge in [-0.15, -0.1) is 0 Å². The van der Waals surface area contributed by atoms with Gasteiger partial charge < -0.3 is 0 Å². The fourth-order valence-corrected chi connectivity index (χ4v) is 6.06. The number of hydrogen-bond acceptors (Lipinski definition) is 4. The van der Waals surface area contributed by atoms with Crippen molar-refractivity contribution in [1.82, 2.24) is 10.0 Å². The summed E-state index contributed by atoms with van der Waals surface area (Å²) in [7, 11) is 0. The summed E-state index contributed by atoms with van der Waals surface area (Å²) in [6.07, 6.45) is 2.70. The summed E-state index contributed by atoms with van der Waals surface area (Å²) in [6.45, 7) is 1.54. The van der Waals surface area contributed by atoms with Crippen LogP contribution >= 0.6 is 23.2 Å². The van der Waals surface area contributed by atoms with E-state index in [1.807, 2.05) is 0 Å². The Bertz CT molecular complexity index is 1140.